The molecule has 3 heterocycles. The molecule has 4 rings (SSSR count). The molecule has 5 nitrogen and oxygen atoms in total. The van der Waals surface area contributed by atoms with E-state index in [1.165, 1.54) is 44.7 Å². The number of hydrogen-bond donors (Lipinski definition) is 0. The first-order valence-corrected chi connectivity index (χ1v) is 11.0. The van der Waals surface area contributed by atoms with Crippen molar-refractivity contribution in [2.75, 3.05) is 32.8 Å². The van der Waals surface area contributed by atoms with E-state index in [9.17, 15) is 4.39 Å². The molecule has 1 aromatic carbocycles. The topological polar surface area (TPSA) is 41.7 Å². The molecule has 158 valence electrons. The Labute approximate surface area is 172 Å². The van der Waals surface area contributed by atoms with Crippen molar-refractivity contribution in [1.82, 2.24) is 14.8 Å². The van der Waals surface area contributed by atoms with Gasteiger partial charge in [0, 0.05) is 24.7 Å². The molecule has 1 unspecified atom stereocenters. The highest BCUT2D eigenvalue weighted by atomic mass is 19.1. The van der Waals surface area contributed by atoms with Crippen LogP contribution in [-0.2, 0) is 6.54 Å². The molecule has 2 aromatic rings. The van der Waals surface area contributed by atoms with E-state index in [1.807, 2.05) is 6.07 Å². The standard InChI is InChI=1S/C23H32FN3O2/c1-18-7-5-12-27(18)13-6-14-28-22-9-8-19(15-21(22)24)23-25-20(17-29-23)16-26-10-3-2-4-11-26/h8-9,15,17-18H,2-7,10-14,16H2,1H3. The van der Waals surface area contributed by atoms with Crippen molar-refractivity contribution in [1.29, 1.82) is 0 Å². The monoisotopic (exact) mass is 401 g/mol. The Morgan fingerprint density at radius 2 is 2.03 bits per heavy atom. The fourth-order valence-electron chi connectivity index (χ4n) is 4.38. The highest BCUT2D eigenvalue weighted by Crippen LogP contribution is 2.26. The molecule has 0 bridgehead atoms. The van der Waals surface area contributed by atoms with E-state index >= 15 is 0 Å². The summed E-state index contributed by atoms with van der Waals surface area (Å²) >= 11 is 0. The largest absolute Gasteiger partial charge is 0.490 e. The van der Waals surface area contributed by atoms with Crippen LogP contribution in [0.25, 0.3) is 11.5 Å². The van der Waals surface area contributed by atoms with E-state index in [0.717, 1.165) is 38.3 Å². The van der Waals surface area contributed by atoms with Crippen molar-refractivity contribution in [3.63, 3.8) is 0 Å². The predicted octanol–water partition coefficient (Wildman–Crippen LogP) is 4.72. The van der Waals surface area contributed by atoms with Gasteiger partial charge in [0.25, 0.3) is 0 Å². The third kappa shape index (κ3) is 5.37. The molecule has 2 aliphatic heterocycles. The summed E-state index contributed by atoms with van der Waals surface area (Å²) in [6.07, 6.45) is 8.95. The summed E-state index contributed by atoms with van der Waals surface area (Å²) in [4.78, 5) is 9.42. The number of benzene rings is 1. The second kappa shape index (κ2) is 9.72. The minimum Gasteiger partial charge on any atom is -0.490 e. The lowest BCUT2D eigenvalue weighted by Gasteiger charge is -2.25. The van der Waals surface area contributed by atoms with Gasteiger partial charge in [-0.2, -0.15) is 0 Å². The van der Waals surface area contributed by atoms with Crippen LogP contribution in [0.5, 0.6) is 5.75 Å². The van der Waals surface area contributed by atoms with Gasteiger partial charge in [0.1, 0.15) is 6.26 Å². The molecule has 1 aromatic heterocycles. The molecule has 0 saturated carbocycles. The fraction of sp³-hybridized carbons (Fsp3) is 0.609. The zero-order valence-corrected chi connectivity index (χ0v) is 17.4. The smallest absolute Gasteiger partial charge is 0.226 e. The van der Waals surface area contributed by atoms with E-state index in [-0.39, 0.29) is 5.82 Å². The van der Waals surface area contributed by atoms with Crippen LogP contribution in [0.4, 0.5) is 4.39 Å². The fourth-order valence-corrected chi connectivity index (χ4v) is 4.38. The lowest BCUT2D eigenvalue weighted by Crippen LogP contribution is -2.29. The number of ether oxygens (including phenoxy) is 1. The average Bonchev–Trinajstić information content (AvgIpc) is 3.36. The first-order valence-electron chi connectivity index (χ1n) is 11.0. The summed E-state index contributed by atoms with van der Waals surface area (Å²) < 4.78 is 25.8. The van der Waals surface area contributed by atoms with Crippen molar-refractivity contribution < 1.29 is 13.5 Å². The average molecular weight is 402 g/mol. The van der Waals surface area contributed by atoms with Crippen LogP contribution in [0.3, 0.4) is 0 Å². The summed E-state index contributed by atoms with van der Waals surface area (Å²) in [6, 6.07) is 5.61. The summed E-state index contributed by atoms with van der Waals surface area (Å²) in [5.74, 6) is 0.390. The normalized spacial score (nSPS) is 21.0. The Balaban J connectivity index is 1.29. The van der Waals surface area contributed by atoms with Gasteiger partial charge < -0.3 is 14.1 Å². The van der Waals surface area contributed by atoms with Crippen LogP contribution < -0.4 is 4.74 Å². The van der Waals surface area contributed by atoms with Gasteiger partial charge in [0.2, 0.25) is 5.89 Å². The quantitative estimate of drug-likeness (QED) is 0.599. The molecule has 1 atom stereocenters. The first-order chi connectivity index (χ1) is 14.2. The van der Waals surface area contributed by atoms with E-state index < -0.39 is 0 Å². The third-order valence-corrected chi connectivity index (χ3v) is 6.10. The van der Waals surface area contributed by atoms with Crippen molar-refractivity contribution in [2.45, 2.75) is 58.0 Å². The third-order valence-electron chi connectivity index (χ3n) is 6.10. The van der Waals surface area contributed by atoms with Crippen molar-refractivity contribution >= 4 is 0 Å². The molecular weight excluding hydrogens is 369 g/mol. The molecule has 0 spiro atoms. The van der Waals surface area contributed by atoms with Crippen molar-refractivity contribution in [3.05, 3.63) is 36.0 Å². The van der Waals surface area contributed by atoms with Gasteiger partial charge in [-0.05, 0) is 76.9 Å². The summed E-state index contributed by atoms with van der Waals surface area (Å²) in [7, 11) is 0. The summed E-state index contributed by atoms with van der Waals surface area (Å²) in [6.45, 7) is 7.99. The highest BCUT2D eigenvalue weighted by molar-refractivity contribution is 5.55. The van der Waals surface area contributed by atoms with E-state index in [4.69, 9.17) is 9.15 Å². The maximum absolute atomic E-state index is 14.5. The second-order valence-corrected chi connectivity index (χ2v) is 8.36. The van der Waals surface area contributed by atoms with Crippen LogP contribution in [0.1, 0.15) is 51.1 Å². The summed E-state index contributed by atoms with van der Waals surface area (Å²) in [5, 5.41) is 0. The molecule has 0 radical (unpaired) electrons. The predicted molar refractivity (Wildman–Crippen MR) is 111 cm³/mol. The lowest BCUT2D eigenvalue weighted by atomic mass is 10.1. The van der Waals surface area contributed by atoms with Crippen molar-refractivity contribution in [2.24, 2.45) is 0 Å². The van der Waals surface area contributed by atoms with E-state index in [1.54, 1.807) is 12.3 Å². The van der Waals surface area contributed by atoms with Crippen LogP contribution >= 0.6 is 0 Å². The zero-order chi connectivity index (χ0) is 20.1. The Morgan fingerprint density at radius 3 is 2.79 bits per heavy atom. The molecule has 2 saturated heterocycles. The van der Waals surface area contributed by atoms with Crippen LogP contribution in [0.15, 0.2) is 28.9 Å². The maximum Gasteiger partial charge on any atom is 0.226 e. The Hall–Kier alpha value is -1.92. The molecule has 29 heavy (non-hydrogen) atoms. The first kappa shape index (κ1) is 20.4. The number of oxazole rings is 1. The minimum absolute atomic E-state index is 0.295. The van der Waals surface area contributed by atoms with Gasteiger partial charge in [-0.3, -0.25) is 4.90 Å². The number of likely N-dealkylation sites (tertiary alicyclic amines) is 2. The Bertz CT molecular complexity index is 788. The number of piperidine rings is 1. The SMILES string of the molecule is CC1CCCN1CCCOc1ccc(-c2nc(CN3CCCCC3)co2)cc1F. The zero-order valence-electron chi connectivity index (χ0n) is 17.4. The number of hydrogen-bond acceptors (Lipinski definition) is 5. The van der Waals surface area contributed by atoms with Gasteiger partial charge >= 0.3 is 0 Å². The van der Waals surface area contributed by atoms with Gasteiger partial charge in [0.15, 0.2) is 11.6 Å². The Kier molecular flexibility index (Phi) is 6.82. The lowest BCUT2D eigenvalue weighted by molar-refractivity contribution is 0.218. The summed E-state index contributed by atoms with van der Waals surface area (Å²) in [5.41, 5.74) is 1.55. The number of aromatic nitrogens is 1. The molecular formula is C23H32FN3O2. The molecule has 6 heteroatoms. The van der Waals surface area contributed by atoms with Crippen LogP contribution in [0, 0.1) is 5.82 Å². The number of nitrogens with zero attached hydrogens (tertiary/aromatic N) is 3. The highest BCUT2D eigenvalue weighted by Gasteiger charge is 2.19. The van der Waals surface area contributed by atoms with Gasteiger partial charge in [-0.1, -0.05) is 6.42 Å². The molecule has 2 fully saturated rings. The molecule has 0 aliphatic carbocycles. The van der Waals surface area contributed by atoms with E-state index in [0.29, 0.717) is 29.9 Å². The second-order valence-electron chi connectivity index (χ2n) is 8.36. The van der Waals surface area contributed by atoms with Crippen LogP contribution in [0.2, 0.25) is 0 Å². The number of halogens is 1. The van der Waals surface area contributed by atoms with E-state index in [2.05, 4.69) is 21.7 Å². The van der Waals surface area contributed by atoms with Crippen LogP contribution in [-0.4, -0.2) is 53.6 Å². The number of rotatable bonds is 8. The molecule has 0 amide bonds. The molecule has 0 N–H and O–H groups in total. The Morgan fingerprint density at radius 1 is 1.17 bits per heavy atom. The molecule has 2 aliphatic rings. The maximum atomic E-state index is 14.5. The minimum atomic E-state index is -0.368. The van der Waals surface area contributed by atoms with Gasteiger partial charge in [0.05, 0.1) is 12.3 Å². The van der Waals surface area contributed by atoms with Crippen molar-refractivity contribution in [3.8, 4) is 17.2 Å². The van der Waals surface area contributed by atoms with Gasteiger partial charge in [-0.25, -0.2) is 9.37 Å². The van der Waals surface area contributed by atoms with Gasteiger partial charge in [-0.15, -0.1) is 0 Å².